The van der Waals surface area contributed by atoms with Crippen molar-refractivity contribution in [3.05, 3.63) is 69.3 Å². The van der Waals surface area contributed by atoms with E-state index in [0.29, 0.717) is 0 Å². The third kappa shape index (κ3) is 2.69. The molecule has 0 amide bonds. The molecule has 0 aliphatic carbocycles. The van der Waals surface area contributed by atoms with Crippen LogP contribution in [0.3, 0.4) is 0 Å². The third-order valence-corrected chi connectivity index (χ3v) is 4.22. The van der Waals surface area contributed by atoms with Crippen molar-refractivity contribution in [2.24, 2.45) is 0 Å². The van der Waals surface area contributed by atoms with Crippen LogP contribution in [0.25, 0.3) is 0 Å². The predicted octanol–water partition coefficient (Wildman–Crippen LogP) is 5.56. The predicted molar refractivity (Wildman–Crippen MR) is 84.3 cm³/mol. The maximum atomic E-state index is 6.81. The monoisotopic (exact) mass is 272 g/mol. The number of aryl methyl sites for hydroxylation is 5. The van der Waals surface area contributed by atoms with Crippen molar-refractivity contribution < 1.29 is 0 Å². The second-order valence-corrected chi connectivity index (χ2v) is 5.92. The molecule has 2 rings (SSSR count). The van der Waals surface area contributed by atoms with Crippen LogP contribution in [0, 0.1) is 34.6 Å². The number of hydrogen-bond acceptors (Lipinski definition) is 0. The normalized spacial score (nSPS) is 12.5. The Hall–Kier alpha value is -1.27. The highest BCUT2D eigenvalue weighted by molar-refractivity contribution is 6.23. The van der Waals surface area contributed by atoms with Crippen molar-refractivity contribution in [3.8, 4) is 0 Å². The molecule has 2 aromatic carbocycles. The maximum Gasteiger partial charge on any atom is 0.0845 e. The molecule has 0 spiro atoms. The SMILES string of the molecule is Cc1cc(C)c(C(Cl)c2c(C)cccc2C)c(C)c1. The fraction of sp³-hybridized carbons (Fsp3) is 0.333. The number of halogens is 1. The van der Waals surface area contributed by atoms with Gasteiger partial charge in [-0.3, -0.25) is 0 Å². The maximum absolute atomic E-state index is 6.81. The van der Waals surface area contributed by atoms with Gasteiger partial charge in [-0.2, -0.15) is 0 Å². The molecule has 0 radical (unpaired) electrons. The van der Waals surface area contributed by atoms with Crippen molar-refractivity contribution in [3.63, 3.8) is 0 Å². The van der Waals surface area contributed by atoms with Gasteiger partial charge in [0.15, 0.2) is 0 Å². The minimum absolute atomic E-state index is 0.0678. The van der Waals surface area contributed by atoms with Gasteiger partial charge in [-0.1, -0.05) is 35.9 Å². The molecular formula is C18H21Cl. The van der Waals surface area contributed by atoms with Crippen LogP contribution in [-0.2, 0) is 0 Å². The summed E-state index contributed by atoms with van der Waals surface area (Å²) in [5, 5.41) is -0.0678. The molecule has 1 atom stereocenters. The molecule has 2 aromatic rings. The number of alkyl halides is 1. The molecule has 0 N–H and O–H groups in total. The lowest BCUT2D eigenvalue weighted by Crippen LogP contribution is -2.04. The van der Waals surface area contributed by atoms with E-state index >= 15 is 0 Å². The molecule has 0 aliphatic rings. The summed E-state index contributed by atoms with van der Waals surface area (Å²) in [4.78, 5) is 0. The first-order valence-corrected chi connectivity index (χ1v) is 7.13. The van der Waals surface area contributed by atoms with Gasteiger partial charge in [-0.25, -0.2) is 0 Å². The molecule has 0 saturated heterocycles. The summed E-state index contributed by atoms with van der Waals surface area (Å²) in [5.41, 5.74) is 8.88. The van der Waals surface area contributed by atoms with E-state index in [1.165, 1.54) is 38.9 Å². The summed E-state index contributed by atoms with van der Waals surface area (Å²) in [6, 6.07) is 10.8. The fourth-order valence-electron chi connectivity index (χ4n) is 2.96. The Morgan fingerprint density at radius 2 is 1.16 bits per heavy atom. The number of rotatable bonds is 2. The van der Waals surface area contributed by atoms with Crippen LogP contribution < -0.4 is 0 Å². The molecule has 0 heterocycles. The van der Waals surface area contributed by atoms with Crippen LogP contribution in [-0.4, -0.2) is 0 Å². The van der Waals surface area contributed by atoms with Crippen LogP contribution in [0.2, 0.25) is 0 Å². The minimum atomic E-state index is -0.0678. The summed E-state index contributed by atoms with van der Waals surface area (Å²) in [7, 11) is 0. The van der Waals surface area contributed by atoms with Gasteiger partial charge in [0.2, 0.25) is 0 Å². The van der Waals surface area contributed by atoms with Crippen molar-refractivity contribution in [2.75, 3.05) is 0 Å². The highest BCUT2D eigenvalue weighted by Crippen LogP contribution is 2.37. The summed E-state index contributed by atoms with van der Waals surface area (Å²) in [6.07, 6.45) is 0. The van der Waals surface area contributed by atoms with E-state index < -0.39 is 0 Å². The lowest BCUT2D eigenvalue weighted by molar-refractivity contribution is 1.04. The Bertz CT molecular complexity index is 568. The van der Waals surface area contributed by atoms with Crippen molar-refractivity contribution in [1.29, 1.82) is 0 Å². The van der Waals surface area contributed by atoms with Crippen molar-refractivity contribution >= 4 is 11.6 Å². The topological polar surface area (TPSA) is 0 Å². The van der Waals surface area contributed by atoms with Gasteiger partial charge in [0, 0.05) is 0 Å². The molecule has 0 aliphatic heterocycles. The van der Waals surface area contributed by atoms with Gasteiger partial charge < -0.3 is 0 Å². The molecule has 1 unspecified atom stereocenters. The first kappa shape index (κ1) is 14.1. The van der Waals surface area contributed by atoms with Gasteiger partial charge in [-0.15, -0.1) is 11.6 Å². The van der Waals surface area contributed by atoms with Gasteiger partial charge >= 0.3 is 0 Å². The van der Waals surface area contributed by atoms with Gasteiger partial charge in [-0.05, 0) is 68.0 Å². The summed E-state index contributed by atoms with van der Waals surface area (Å²) in [6.45, 7) is 10.7. The van der Waals surface area contributed by atoms with E-state index in [-0.39, 0.29) is 5.38 Å². The van der Waals surface area contributed by atoms with Crippen LogP contribution in [0.1, 0.15) is 44.3 Å². The summed E-state index contributed by atoms with van der Waals surface area (Å²) < 4.78 is 0. The second-order valence-electron chi connectivity index (χ2n) is 5.48. The first-order chi connectivity index (χ1) is 8.91. The Labute approximate surface area is 121 Å². The Kier molecular flexibility index (Phi) is 4.01. The van der Waals surface area contributed by atoms with Crippen LogP contribution in [0.5, 0.6) is 0 Å². The largest absolute Gasteiger partial charge is 0.113 e. The van der Waals surface area contributed by atoms with Gasteiger partial charge in [0.25, 0.3) is 0 Å². The van der Waals surface area contributed by atoms with E-state index in [4.69, 9.17) is 11.6 Å². The van der Waals surface area contributed by atoms with Gasteiger partial charge in [0.1, 0.15) is 0 Å². The zero-order valence-electron chi connectivity index (χ0n) is 12.3. The Morgan fingerprint density at radius 3 is 1.63 bits per heavy atom. The highest BCUT2D eigenvalue weighted by Gasteiger charge is 2.19. The Balaban J connectivity index is 2.60. The molecule has 100 valence electrons. The molecule has 0 bridgehead atoms. The van der Waals surface area contributed by atoms with E-state index in [2.05, 4.69) is 65.0 Å². The lowest BCUT2D eigenvalue weighted by atomic mass is 9.90. The van der Waals surface area contributed by atoms with Gasteiger partial charge in [0.05, 0.1) is 5.38 Å². The number of benzene rings is 2. The molecule has 0 nitrogen and oxygen atoms in total. The second kappa shape index (κ2) is 5.38. The zero-order valence-corrected chi connectivity index (χ0v) is 13.1. The molecular weight excluding hydrogens is 252 g/mol. The molecule has 1 heteroatoms. The van der Waals surface area contributed by atoms with E-state index in [9.17, 15) is 0 Å². The molecule has 0 aromatic heterocycles. The van der Waals surface area contributed by atoms with Crippen LogP contribution in [0.15, 0.2) is 30.3 Å². The average molecular weight is 273 g/mol. The average Bonchev–Trinajstić information content (AvgIpc) is 2.26. The summed E-state index contributed by atoms with van der Waals surface area (Å²) in [5.74, 6) is 0. The zero-order chi connectivity index (χ0) is 14.2. The van der Waals surface area contributed by atoms with E-state index in [0.717, 1.165) is 0 Å². The molecule has 0 saturated carbocycles. The summed E-state index contributed by atoms with van der Waals surface area (Å²) >= 11 is 6.81. The van der Waals surface area contributed by atoms with Crippen LogP contribution in [0.4, 0.5) is 0 Å². The quantitative estimate of drug-likeness (QED) is 0.628. The molecule has 19 heavy (non-hydrogen) atoms. The lowest BCUT2D eigenvalue weighted by Gasteiger charge is -2.20. The number of hydrogen-bond donors (Lipinski definition) is 0. The first-order valence-electron chi connectivity index (χ1n) is 6.69. The Morgan fingerprint density at radius 1 is 0.737 bits per heavy atom. The van der Waals surface area contributed by atoms with E-state index in [1.54, 1.807) is 0 Å². The fourth-order valence-corrected chi connectivity index (χ4v) is 3.65. The minimum Gasteiger partial charge on any atom is -0.113 e. The van der Waals surface area contributed by atoms with Crippen molar-refractivity contribution in [1.82, 2.24) is 0 Å². The molecule has 0 fully saturated rings. The standard InChI is InChI=1S/C18H21Cl/c1-11-9-14(4)17(15(5)10-11)18(19)16-12(2)7-6-8-13(16)3/h6-10,18H,1-5H3. The smallest absolute Gasteiger partial charge is 0.0845 e. The highest BCUT2D eigenvalue weighted by atomic mass is 35.5. The van der Waals surface area contributed by atoms with E-state index in [1.807, 2.05) is 0 Å². The van der Waals surface area contributed by atoms with Crippen molar-refractivity contribution in [2.45, 2.75) is 40.0 Å². The third-order valence-electron chi connectivity index (χ3n) is 3.79. The van der Waals surface area contributed by atoms with Crippen LogP contribution >= 0.6 is 11.6 Å².